The minimum atomic E-state index is -0.794. The number of ether oxygens (including phenoxy) is 2. The van der Waals surface area contributed by atoms with Crippen LogP contribution in [0.5, 0.6) is 11.5 Å². The van der Waals surface area contributed by atoms with Gasteiger partial charge in [-0.15, -0.1) is 0 Å². The first-order valence-electron chi connectivity index (χ1n) is 11.8. The van der Waals surface area contributed by atoms with Crippen molar-refractivity contribution in [1.29, 1.82) is 0 Å². The number of hydrogen-bond acceptors (Lipinski definition) is 4. The standard InChI is InChI=1S/C29H34O5/c1-4-22-10-14-27(26(19-22)29(32)24-8-6-5-7-9-24)34-21(3)16-17-33-25-13-11-23(20(2)18-25)12-15-28(30)31/h5-11,13-14,18-19,21,29,32H,4,12,15-17H2,1-3H3,(H,30,31)/t21-,29?/m1/s1. The van der Waals surface area contributed by atoms with E-state index in [1.54, 1.807) is 0 Å². The summed E-state index contributed by atoms with van der Waals surface area (Å²) in [5.74, 6) is 0.647. The van der Waals surface area contributed by atoms with Crippen molar-refractivity contribution >= 4 is 5.97 Å². The lowest BCUT2D eigenvalue weighted by Gasteiger charge is -2.21. The molecule has 0 aliphatic carbocycles. The Labute approximate surface area is 202 Å². The molecule has 0 amide bonds. The molecule has 0 spiro atoms. The van der Waals surface area contributed by atoms with Crippen LogP contribution in [0.1, 0.15) is 60.6 Å². The van der Waals surface area contributed by atoms with Crippen molar-refractivity contribution in [3.8, 4) is 11.5 Å². The molecular formula is C29H34O5. The Balaban J connectivity index is 1.60. The number of carbonyl (C=O) groups is 1. The van der Waals surface area contributed by atoms with E-state index in [0.717, 1.165) is 40.0 Å². The first-order valence-corrected chi connectivity index (χ1v) is 11.8. The van der Waals surface area contributed by atoms with E-state index in [4.69, 9.17) is 14.6 Å². The quantitative estimate of drug-likeness (QED) is 0.351. The predicted octanol–water partition coefficient (Wildman–Crippen LogP) is 5.89. The van der Waals surface area contributed by atoms with Crippen molar-refractivity contribution < 1.29 is 24.5 Å². The molecule has 0 fully saturated rings. The van der Waals surface area contributed by atoms with Gasteiger partial charge in [-0.2, -0.15) is 0 Å². The monoisotopic (exact) mass is 462 g/mol. The van der Waals surface area contributed by atoms with Gasteiger partial charge < -0.3 is 19.7 Å². The highest BCUT2D eigenvalue weighted by molar-refractivity contribution is 5.67. The maximum absolute atomic E-state index is 11.0. The summed E-state index contributed by atoms with van der Waals surface area (Å²) in [6.07, 6.45) is 1.33. The average molecular weight is 463 g/mol. The molecule has 180 valence electrons. The van der Waals surface area contributed by atoms with Crippen LogP contribution in [-0.4, -0.2) is 28.9 Å². The summed E-state index contributed by atoms with van der Waals surface area (Å²) >= 11 is 0. The highest BCUT2D eigenvalue weighted by Crippen LogP contribution is 2.32. The maximum Gasteiger partial charge on any atom is 0.303 e. The third kappa shape index (κ3) is 7.09. The molecule has 3 aromatic carbocycles. The number of aliphatic carboxylic acids is 1. The van der Waals surface area contributed by atoms with Crippen molar-refractivity contribution in [2.75, 3.05) is 6.61 Å². The molecular weight excluding hydrogens is 428 g/mol. The predicted molar refractivity (Wildman–Crippen MR) is 134 cm³/mol. The topological polar surface area (TPSA) is 76.0 Å². The number of carboxylic acids is 1. The van der Waals surface area contributed by atoms with Gasteiger partial charge in [0.25, 0.3) is 0 Å². The minimum Gasteiger partial charge on any atom is -0.493 e. The fourth-order valence-electron chi connectivity index (χ4n) is 3.85. The third-order valence-corrected chi connectivity index (χ3v) is 5.94. The van der Waals surface area contributed by atoms with Crippen molar-refractivity contribution in [2.45, 2.75) is 58.7 Å². The fourth-order valence-corrected chi connectivity index (χ4v) is 3.85. The smallest absolute Gasteiger partial charge is 0.303 e. The molecule has 0 saturated carbocycles. The molecule has 2 atom stereocenters. The molecule has 5 nitrogen and oxygen atoms in total. The number of hydrogen-bond donors (Lipinski definition) is 2. The summed E-state index contributed by atoms with van der Waals surface area (Å²) in [5, 5.41) is 19.9. The molecule has 2 N–H and O–H groups in total. The van der Waals surface area contributed by atoms with Gasteiger partial charge in [-0.1, -0.05) is 49.4 Å². The molecule has 5 heteroatoms. The number of rotatable bonds is 12. The van der Waals surface area contributed by atoms with Crippen molar-refractivity contribution in [2.24, 2.45) is 0 Å². The van der Waals surface area contributed by atoms with E-state index in [1.807, 2.05) is 80.6 Å². The van der Waals surface area contributed by atoms with Gasteiger partial charge in [-0.3, -0.25) is 4.79 Å². The molecule has 3 aromatic rings. The van der Waals surface area contributed by atoms with Gasteiger partial charge in [0.2, 0.25) is 0 Å². The number of aliphatic hydroxyl groups is 1. The summed E-state index contributed by atoms with van der Waals surface area (Å²) in [5.41, 5.74) is 4.80. The number of aliphatic hydroxyl groups excluding tert-OH is 1. The number of aryl methyl sites for hydroxylation is 3. The SMILES string of the molecule is CCc1ccc(O[C@H](C)CCOc2ccc(CCC(=O)O)c(C)c2)c(C(O)c2ccccc2)c1. The maximum atomic E-state index is 11.0. The molecule has 0 radical (unpaired) electrons. The second kappa shape index (κ2) is 12.2. The van der Waals surface area contributed by atoms with Crippen molar-refractivity contribution in [3.05, 3.63) is 94.5 Å². The molecule has 1 unspecified atom stereocenters. The van der Waals surface area contributed by atoms with Crippen molar-refractivity contribution in [3.63, 3.8) is 0 Å². The van der Waals surface area contributed by atoms with Crippen LogP contribution in [0.3, 0.4) is 0 Å². The Kier molecular flexibility index (Phi) is 9.11. The molecule has 0 saturated heterocycles. The highest BCUT2D eigenvalue weighted by Gasteiger charge is 2.18. The lowest BCUT2D eigenvalue weighted by atomic mass is 9.98. The summed E-state index contributed by atoms with van der Waals surface area (Å²) < 4.78 is 12.1. The highest BCUT2D eigenvalue weighted by atomic mass is 16.5. The number of benzene rings is 3. The van der Waals surface area contributed by atoms with E-state index >= 15 is 0 Å². The van der Waals surface area contributed by atoms with E-state index in [0.29, 0.717) is 25.2 Å². The van der Waals surface area contributed by atoms with Gasteiger partial charge in [0.1, 0.15) is 17.6 Å². The summed E-state index contributed by atoms with van der Waals surface area (Å²) in [6.45, 7) is 6.54. The van der Waals surface area contributed by atoms with Crippen LogP contribution in [0.4, 0.5) is 0 Å². The van der Waals surface area contributed by atoms with Gasteiger partial charge in [-0.25, -0.2) is 0 Å². The second-order valence-corrected chi connectivity index (χ2v) is 8.59. The third-order valence-electron chi connectivity index (χ3n) is 5.94. The van der Waals surface area contributed by atoms with Crippen LogP contribution < -0.4 is 9.47 Å². The first kappa shape index (κ1) is 25.3. The van der Waals surface area contributed by atoms with E-state index in [1.165, 1.54) is 0 Å². The molecule has 0 heterocycles. The van der Waals surface area contributed by atoms with Gasteiger partial charge in [0.05, 0.1) is 12.7 Å². The van der Waals surface area contributed by atoms with E-state index in [-0.39, 0.29) is 12.5 Å². The van der Waals surface area contributed by atoms with Gasteiger partial charge in [0, 0.05) is 18.4 Å². The Hall–Kier alpha value is -3.31. The van der Waals surface area contributed by atoms with Crippen LogP contribution >= 0.6 is 0 Å². The largest absolute Gasteiger partial charge is 0.493 e. The average Bonchev–Trinajstić information content (AvgIpc) is 2.83. The Morgan fingerprint density at radius 1 is 1.03 bits per heavy atom. The second-order valence-electron chi connectivity index (χ2n) is 8.59. The normalized spacial score (nSPS) is 12.7. The molecule has 3 rings (SSSR count). The summed E-state index contributed by atoms with van der Waals surface area (Å²) in [4.78, 5) is 10.8. The number of carboxylic acid groups (broad SMARTS) is 1. The van der Waals surface area contributed by atoms with Crippen LogP contribution in [0, 0.1) is 6.92 Å². The van der Waals surface area contributed by atoms with Gasteiger partial charge >= 0.3 is 5.97 Å². The zero-order valence-electron chi connectivity index (χ0n) is 20.2. The van der Waals surface area contributed by atoms with E-state index in [9.17, 15) is 9.90 Å². The molecule has 0 bridgehead atoms. The minimum absolute atomic E-state index is 0.106. The first-order chi connectivity index (χ1) is 16.4. The van der Waals surface area contributed by atoms with Gasteiger partial charge in [0.15, 0.2) is 0 Å². The Bertz CT molecular complexity index is 1080. The van der Waals surface area contributed by atoms with E-state index < -0.39 is 12.1 Å². The lowest BCUT2D eigenvalue weighted by Crippen LogP contribution is -2.17. The molecule has 34 heavy (non-hydrogen) atoms. The van der Waals surface area contributed by atoms with E-state index in [2.05, 4.69) is 6.92 Å². The Morgan fingerprint density at radius 2 is 1.79 bits per heavy atom. The Morgan fingerprint density at radius 3 is 2.47 bits per heavy atom. The van der Waals surface area contributed by atoms with Crippen molar-refractivity contribution in [1.82, 2.24) is 0 Å². The lowest BCUT2D eigenvalue weighted by molar-refractivity contribution is -0.136. The van der Waals surface area contributed by atoms with Crippen LogP contribution in [-0.2, 0) is 17.6 Å². The van der Waals surface area contributed by atoms with Crippen LogP contribution in [0.25, 0.3) is 0 Å². The summed E-state index contributed by atoms with van der Waals surface area (Å²) in [6, 6.07) is 21.4. The van der Waals surface area contributed by atoms with Crippen LogP contribution in [0.2, 0.25) is 0 Å². The molecule has 0 aliphatic heterocycles. The van der Waals surface area contributed by atoms with Gasteiger partial charge in [-0.05, 0) is 73.2 Å². The van der Waals surface area contributed by atoms with Crippen LogP contribution in [0.15, 0.2) is 66.7 Å². The zero-order chi connectivity index (χ0) is 24.5. The molecule has 0 aromatic heterocycles. The zero-order valence-corrected chi connectivity index (χ0v) is 20.2. The fraction of sp³-hybridized carbons (Fsp3) is 0.345. The summed E-state index contributed by atoms with van der Waals surface area (Å²) in [7, 11) is 0. The molecule has 0 aliphatic rings.